The minimum atomic E-state index is -0.467. The number of ether oxygens (including phenoxy) is 2. The monoisotopic (exact) mass is 226 g/mol. The zero-order chi connectivity index (χ0) is 10.1. The van der Waals surface area contributed by atoms with Crippen molar-refractivity contribution in [3.8, 4) is 0 Å². The van der Waals surface area contributed by atoms with Crippen molar-refractivity contribution in [3.63, 3.8) is 0 Å². The molecule has 0 radical (unpaired) electrons. The number of carbonyl (C=O) groups is 2. The van der Waals surface area contributed by atoms with E-state index in [1.165, 1.54) is 0 Å². The first-order valence-corrected chi connectivity index (χ1v) is 3.92. The van der Waals surface area contributed by atoms with E-state index in [4.69, 9.17) is 11.5 Å². The van der Waals surface area contributed by atoms with Crippen molar-refractivity contribution in [2.75, 3.05) is 26.3 Å². The fraction of sp³-hybridized carbons (Fsp3) is 0.714. The van der Waals surface area contributed by atoms with Crippen molar-refractivity contribution < 1.29 is 19.1 Å². The minimum Gasteiger partial charge on any atom is -0.465 e. The molecule has 0 saturated heterocycles. The molecule has 0 heterocycles. The Bertz CT molecular complexity index is 159. The van der Waals surface area contributed by atoms with Crippen molar-refractivity contribution >= 4 is 24.3 Å². The first-order chi connectivity index (χ1) is 6.20. The van der Waals surface area contributed by atoms with E-state index in [1.54, 1.807) is 0 Å². The lowest BCUT2D eigenvalue weighted by molar-refractivity contribution is -0.144. The van der Waals surface area contributed by atoms with Gasteiger partial charge in [-0.15, -0.1) is 12.4 Å². The van der Waals surface area contributed by atoms with Crippen molar-refractivity contribution in [2.24, 2.45) is 11.5 Å². The number of rotatable bonds is 6. The van der Waals surface area contributed by atoms with Gasteiger partial charge in [0.15, 0.2) is 0 Å². The Morgan fingerprint density at radius 2 is 1.29 bits per heavy atom. The third-order valence-corrected chi connectivity index (χ3v) is 1.15. The molecule has 0 aliphatic rings. The van der Waals surface area contributed by atoms with Crippen LogP contribution in [0.15, 0.2) is 0 Å². The molecule has 0 saturated carbocycles. The highest BCUT2D eigenvalue weighted by Crippen LogP contribution is 1.85. The number of hydrogen-bond donors (Lipinski definition) is 2. The van der Waals surface area contributed by atoms with Crippen LogP contribution in [0.5, 0.6) is 0 Å². The highest BCUT2D eigenvalue weighted by atomic mass is 35.5. The van der Waals surface area contributed by atoms with Crippen LogP contribution in [0.4, 0.5) is 0 Å². The van der Waals surface area contributed by atoms with Gasteiger partial charge in [-0.05, 0) is 0 Å². The molecule has 4 N–H and O–H groups in total. The minimum absolute atomic E-state index is 0. The molecule has 0 unspecified atom stereocenters. The van der Waals surface area contributed by atoms with Crippen LogP contribution < -0.4 is 11.5 Å². The van der Waals surface area contributed by atoms with E-state index in [1.807, 2.05) is 0 Å². The molecular formula is C7H15ClN2O4. The maximum absolute atomic E-state index is 10.5. The Hall–Kier alpha value is -0.850. The first kappa shape index (κ1) is 15.6. The van der Waals surface area contributed by atoms with E-state index in [-0.39, 0.29) is 38.7 Å². The van der Waals surface area contributed by atoms with E-state index in [2.05, 4.69) is 9.47 Å². The number of hydrogen-bond acceptors (Lipinski definition) is 6. The molecule has 0 aliphatic heterocycles. The average molecular weight is 227 g/mol. The van der Waals surface area contributed by atoms with Crippen molar-refractivity contribution in [2.45, 2.75) is 6.42 Å². The molecule has 0 aliphatic carbocycles. The summed E-state index contributed by atoms with van der Waals surface area (Å²) in [6.45, 7) is 0.132. The van der Waals surface area contributed by atoms with E-state index in [0.29, 0.717) is 6.42 Å². The van der Waals surface area contributed by atoms with Crippen LogP contribution in [0.1, 0.15) is 6.42 Å². The van der Waals surface area contributed by atoms with Crippen LogP contribution in [0.3, 0.4) is 0 Å². The molecule has 0 rings (SSSR count). The van der Waals surface area contributed by atoms with Crippen LogP contribution in [0, 0.1) is 0 Å². The topological polar surface area (TPSA) is 105 Å². The SMILES string of the molecule is Cl.NCC(=O)OCCCOC(=O)CN. The van der Waals surface area contributed by atoms with Gasteiger partial charge in [0, 0.05) is 6.42 Å². The Morgan fingerprint density at radius 1 is 0.929 bits per heavy atom. The fourth-order valence-corrected chi connectivity index (χ4v) is 0.549. The van der Waals surface area contributed by atoms with E-state index in [9.17, 15) is 9.59 Å². The van der Waals surface area contributed by atoms with Gasteiger partial charge in [-0.2, -0.15) is 0 Å². The number of esters is 2. The maximum atomic E-state index is 10.5. The largest absolute Gasteiger partial charge is 0.465 e. The fourth-order valence-electron chi connectivity index (χ4n) is 0.549. The summed E-state index contributed by atoms with van der Waals surface area (Å²) in [7, 11) is 0. The summed E-state index contributed by atoms with van der Waals surface area (Å²) in [5, 5.41) is 0. The van der Waals surface area contributed by atoms with Crippen LogP contribution in [0.25, 0.3) is 0 Å². The zero-order valence-electron chi connectivity index (χ0n) is 7.73. The summed E-state index contributed by atoms with van der Waals surface area (Å²) >= 11 is 0. The summed E-state index contributed by atoms with van der Waals surface area (Å²) in [5.41, 5.74) is 9.96. The maximum Gasteiger partial charge on any atom is 0.319 e. The quantitative estimate of drug-likeness (QED) is 0.436. The van der Waals surface area contributed by atoms with Gasteiger partial charge in [0.25, 0.3) is 0 Å². The van der Waals surface area contributed by atoms with Crippen molar-refractivity contribution in [1.82, 2.24) is 0 Å². The summed E-state index contributed by atoms with van der Waals surface area (Å²) in [4.78, 5) is 21.0. The third-order valence-electron chi connectivity index (χ3n) is 1.15. The van der Waals surface area contributed by atoms with Crippen LogP contribution in [-0.2, 0) is 19.1 Å². The van der Waals surface area contributed by atoms with Gasteiger partial charge in [0.05, 0.1) is 26.3 Å². The molecule has 0 atom stereocenters. The Labute approximate surface area is 88.3 Å². The Balaban J connectivity index is 0. The Morgan fingerprint density at radius 3 is 1.57 bits per heavy atom. The van der Waals surface area contributed by atoms with Gasteiger partial charge in [-0.25, -0.2) is 0 Å². The van der Waals surface area contributed by atoms with Gasteiger partial charge < -0.3 is 20.9 Å². The van der Waals surface area contributed by atoms with Crippen LogP contribution in [-0.4, -0.2) is 38.2 Å². The third kappa shape index (κ3) is 9.24. The molecule has 0 aromatic rings. The van der Waals surface area contributed by atoms with Crippen molar-refractivity contribution in [3.05, 3.63) is 0 Å². The lowest BCUT2D eigenvalue weighted by Crippen LogP contribution is -2.20. The summed E-state index contributed by atoms with van der Waals surface area (Å²) in [6.07, 6.45) is 0.456. The van der Waals surface area contributed by atoms with E-state index in [0.717, 1.165) is 0 Å². The summed E-state index contributed by atoms with van der Waals surface area (Å²) in [6, 6.07) is 0. The van der Waals surface area contributed by atoms with Gasteiger partial charge in [0.1, 0.15) is 0 Å². The average Bonchev–Trinajstić information content (AvgIpc) is 2.16. The molecule has 0 aromatic heterocycles. The molecule has 0 spiro atoms. The van der Waals surface area contributed by atoms with E-state index < -0.39 is 11.9 Å². The second-order valence-electron chi connectivity index (χ2n) is 2.20. The molecule has 0 amide bonds. The smallest absolute Gasteiger partial charge is 0.319 e. The predicted octanol–water partition coefficient (Wildman–Crippen LogP) is -1.20. The molecule has 84 valence electrons. The molecule has 6 nitrogen and oxygen atoms in total. The lowest BCUT2D eigenvalue weighted by Gasteiger charge is -2.03. The number of halogens is 1. The first-order valence-electron chi connectivity index (χ1n) is 3.92. The normalized spacial score (nSPS) is 8.71. The standard InChI is InChI=1S/C7H14N2O4.ClH/c8-4-6(10)12-2-1-3-13-7(11)5-9;/h1-5,8-9H2;1H. The van der Waals surface area contributed by atoms with Gasteiger partial charge in [0.2, 0.25) is 0 Å². The predicted molar refractivity (Wildman–Crippen MR) is 51.9 cm³/mol. The lowest BCUT2D eigenvalue weighted by atomic mass is 10.5. The molecular weight excluding hydrogens is 212 g/mol. The summed E-state index contributed by atoms with van der Waals surface area (Å²) < 4.78 is 9.24. The second kappa shape index (κ2) is 10.2. The number of carbonyl (C=O) groups excluding carboxylic acids is 2. The summed E-state index contributed by atoms with van der Waals surface area (Å²) in [5.74, 6) is -0.935. The molecule has 7 heteroatoms. The van der Waals surface area contributed by atoms with Gasteiger partial charge in [-0.3, -0.25) is 9.59 Å². The van der Waals surface area contributed by atoms with E-state index >= 15 is 0 Å². The highest BCUT2D eigenvalue weighted by Gasteiger charge is 2.00. The van der Waals surface area contributed by atoms with Crippen molar-refractivity contribution in [1.29, 1.82) is 0 Å². The van der Waals surface area contributed by atoms with Gasteiger partial charge >= 0.3 is 11.9 Å². The Kier molecular flexibility index (Phi) is 11.4. The molecule has 0 fully saturated rings. The van der Waals surface area contributed by atoms with Crippen LogP contribution >= 0.6 is 12.4 Å². The van der Waals surface area contributed by atoms with Gasteiger partial charge in [-0.1, -0.05) is 0 Å². The number of nitrogens with two attached hydrogens (primary N) is 2. The molecule has 14 heavy (non-hydrogen) atoms. The molecule has 0 bridgehead atoms. The zero-order valence-corrected chi connectivity index (χ0v) is 8.55. The van der Waals surface area contributed by atoms with Crippen LogP contribution in [0.2, 0.25) is 0 Å². The second-order valence-corrected chi connectivity index (χ2v) is 2.20. The molecule has 0 aromatic carbocycles. The highest BCUT2D eigenvalue weighted by molar-refractivity contribution is 5.85.